The molecule has 14 rings (SSSR count). The molecule has 298 valence electrons. The van der Waals surface area contributed by atoms with Crippen LogP contribution in [0.15, 0.2) is 229 Å². The number of nitrogens with zero attached hydrogens (tertiary/aromatic N) is 3. The molecule has 4 heteroatoms. The summed E-state index contributed by atoms with van der Waals surface area (Å²) in [7, 11) is 0. The number of para-hydroxylation sites is 5. The third-order valence-corrected chi connectivity index (χ3v) is 13.5. The summed E-state index contributed by atoms with van der Waals surface area (Å²) in [5, 5.41) is 9.49. The van der Waals surface area contributed by atoms with Gasteiger partial charge < -0.3 is 18.1 Å². The maximum atomic E-state index is 7.23. The van der Waals surface area contributed by atoms with Gasteiger partial charge in [0, 0.05) is 60.2 Å². The lowest BCUT2D eigenvalue weighted by atomic mass is 9.99. The number of benzene rings is 10. The van der Waals surface area contributed by atoms with Crippen LogP contribution in [0, 0.1) is 0 Å². The summed E-state index contributed by atoms with van der Waals surface area (Å²) in [5.74, 6) is 0. The molecule has 0 spiro atoms. The molecule has 14 aromatic rings. The molecule has 4 aromatic heterocycles. The molecule has 0 unspecified atom stereocenters. The van der Waals surface area contributed by atoms with Crippen LogP contribution in [-0.2, 0) is 0 Å². The largest absolute Gasteiger partial charge is 0.452 e. The Balaban J connectivity index is 0.880. The van der Waals surface area contributed by atoms with Crippen molar-refractivity contribution in [1.29, 1.82) is 0 Å². The summed E-state index contributed by atoms with van der Waals surface area (Å²) in [6.07, 6.45) is 0. The van der Waals surface area contributed by atoms with Gasteiger partial charge in [-0.1, -0.05) is 146 Å². The van der Waals surface area contributed by atoms with E-state index in [1.54, 1.807) is 0 Å². The van der Waals surface area contributed by atoms with Gasteiger partial charge in [0.15, 0.2) is 11.2 Å². The fourth-order valence-electron chi connectivity index (χ4n) is 10.6. The Morgan fingerprint density at radius 2 is 0.594 bits per heavy atom. The van der Waals surface area contributed by atoms with Crippen molar-refractivity contribution in [3.63, 3.8) is 0 Å². The number of hydrogen-bond acceptors (Lipinski definition) is 1. The summed E-state index contributed by atoms with van der Waals surface area (Å²) in [4.78, 5) is 0. The minimum atomic E-state index is 0.892. The Hall–Kier alpha value is -8.60. The first-order valence-corrected chi connectivity index (χ1v) is 21.9. The standard InChI is InChI=1S/C60H37N3O/c1-3-13-42(14-4-1)61-53-20-10-9-19-47(53)52-37-41(29-36-56(52)61)40-25-23-38(24-26-40)39-27-30-44(31-28-39)63-55-22-12-8-18-46(55)49-33-35-51-50-34-32-48-45-17-7-11-21-54(45)62(43-15-5-2-6-16-43)57(48)59(50)64-60(51)58(49)63/h1-37H. The van der Waals surface area contributed by atoms with Crippen molar-refractivity contribution >= 4 is 87.4 Å². The van der Waals surface area contributed by atoms with E-state index in [-0.39, 0.29) is 0 Å². The van der Waals surface area contributed by atoms with Crippen molar-refractivity contribution in [1.82, 2.24) is 13.7 Å². The minimum Gasteiger partial charge on any atom is -0.452 e. The van der Waals surface area contributed by atoms with Gasteiger partial charge in [-0.2, -0.15) is 0 Å². The fraction of sp³-hybridized carbons (Fsp3) is 0. The summed E-state index contributed by atoms with van der Waals surface area (Å²) < 4.78 is 14.3. The highest BCUT2D eigenvalue weighted by Crippen LogP contribution is 2.45. The molecule has 0 N–H and O–H groups in total. The van der Waals surface area contributed by atoms with Crippen LogP contribution in [0.5, 0.6) is 0 Å². The highest BCUT2D eigenvalue weighted by Gasteiger charge is 2.23. The Bertz CT molecular complexity index is 4150. The molecule has 64 heavy (non-hydrogen) atoms. The smallest absolute Gasteiger partial charge is 0.160 e. The molecule has 0 radical (unpaired) electrons. The van der Waals surface area contributed by atoms with Crippen LogP contribution in [0.3, 0.4) is 0 Å². The highest BCUT2D eigenvalue weighted by molar-refractivity contribution is 6.26. The van der Waals surface area contributed by atoms with E-state index in [1.807, 2.05) is 0 Å². The second kappa shape index (κ2) is 13.4. The van der Waals surface area contributed by atoms with Crippen molar-refractivity contribution in [2.24, 2.45) is 0 Å². The van der Waals surface area contributed by atoms with Gasteiger partial charge >= 0.3 is 0 Å². The van der Waals surface area contributed by atoms with E-state index in [4.69, 9.17) is 4.42 Å². The summed E-state index contributed by atoms with van der Waals surface area (Å²) >= 11 is 0. The van der Waals surface area contributed by atoms with Gasteiger partial charge in [0.25, 0.3) is 0 Å². The van der Waals surface area contributed by atoms with Crippen LogP contribution in [0.2, 0.25) is 0 Å². The lowest BCUT2D eigenvalue weighted by Crippen LogP contribution is -1.94. The lowest BCUT2D eigenvalue weighted by molar-refractivity contribution is 0.673. The molecule has 0 aliphatic rings. The second-order valence-electron chi connectivity index (χ2n) is 16.9. The predicted octanol–water partition coefficient (Wildman–Crippen LogP) is 16.2. The van der Waals surface area contributed by atoms with E-state index in [9.17, 15) is 0 Å². The molecule has 4 heterocycles. The molecule has 0 fully saturated rings. The third-order valence-electron chi connectivity index (χ3n) is 13.5. The van der Waals surface area contributed by atoms with Gasteiger partial charge in [-0.3, -0.25) is 0 Å². The van der Waals surface area contributed by atoms with Crippen molar-refractivity contribution in [3.8, 4) is 39.3 Å². The zero-order valence-corrected chi connectivity index (χ0v) is 34.6. The van der Waals surface area contributed by atoms with Crippen molar-refractivity contribution in [2.75, 3.05) is 0 Å². The van der Waals surface area contributed by atoms with Crippen molar-refractivity contribution < 1.29 is 4.42 Å². The molecular weight excluding hydrogens is 779 g/mol. The summed E-state index contributed by atoms with van der Waals surface area (Å²) in [6.45, 7) is 0. The van der Waals surface area contributed by atoms with E-state index >= 15 is 0 Å². The van der Waals surface area contributed by atoms with E-state index in [1.165, 1.54) is 71.3 Å². The molecule has 0 saturated heterocycles. The lowest BCUT2D eigenvalue weighted by Gasteiger charge is -2.10. The number of rotatable bonds is 5. The molecule has 0 saturated carbocycles. The monoisotopic (exact) mass is 815 g/mol. The van der Waals surface area contributed by atoms with Crippen molar-refractivity contribution in [3.05, 3.63) is 224 Å². The first kappa shape index (κ1) is 35.0. The van der Waals surface area contributed by atoms with Gasteiger partial charge in [-0.15, -0.1) is 0 Å². The molecule has 0 atom stereocenters. The highest BCUT2D eigenvalue weighted by atomic mass is 16.3. The molecule has 0 bridgehead atoms. The van der Waals surface area contributed by atoms with Crippen LogP contribution < -0.4 is 0 Å². The molecule has 0 aliphatic heterocycles. The van der Waals surface area contributed by atoms with Gasteiger partial charge in [0.2, 0.25) is 0 Å². The average molecular weight is 816 g/mol. The number of hydrogen-bond donors (Lipinski definition) is 0. The second-order valence-corrected chi connectivity index (χ2v) is 16.9. The van der Waals surface area contributed by atoms with Gasteiger partial charge in [-0.25, -0.2) is 0 Å². The van der Waals surface area contributed by atoms with Crippen LogP contribution in [-0.4, -0.2) is 13.7 Å². The van der Waals surface area contributed by atoms with Crippen LogP contribution in [0.4, 0.5) is 0 Å². The number of aromatic nitrogens is 3. The average Bonchev–Trinajstić information content (AvgIpc) is 4.11. The predicted molar refractivity (Wildman–Crippen MR) is 268 cm³/mol. The number of furan rings is 1. The zero-order valence-electron chi connectivity index (χ0n) is 34.6. The van der Waals surface area contributed by atoms with Gasteiger partial charge in [0.1, 0.15) is 0 Å². The van der Waals surface area contributed by atoms with E-state index < -0.39 is 0 Å². The van der Waals surface area contributed by atoms with Crippen LogP contribution >= 0.6 is 0 Å². The molecule has 10 aromatic carbocycles. The topological polar surface area (TPSA) is 27.9 Å². The third kappa shape index (κ3) is 4.99. The van der Waals surface area contributed by atoms with E-state index in [0.29, 0.717) is 0 Å². The molecular formula is C60H37N3O. The van der Waals surface area contributed by atoms with E-state index in [0.717, 1.165) is 55.4 Å². The Kier molecular flexibility index (Phi) is 7.36. The van der Waals surface area contributed by atoms with Gasteiger partial charge in [-0.05, 0) is 101 Å². The normalized spacial score (nSPS) is 12.1. The van der Waals surface area contributed by atoms with Crippen LogP contribution in [0.25, 0.3) is 127 Å². The fourth-order valence-corrected chi connectivity index (χ4v) is 10.6. The Morgan fingerprint density at radius 1 is 0.234 bits per heavy atom. The van der Waals surface area contributed by atoms with Crippen LogP contribution in [0.1, 0.15) is 0 Å². The maximum absolute atomic E-state index is 7.23. The zero-order chi connectivity index (χ0) is 41.9. The number of fused-ring (bicyclic) bond motifs is 14. The Labute approximate surface area is 367 Å². The molecule has 0 amide bonds. The molecule has 4 nitrogen and oxygen atoms in total. The summed E-state index contributed by atoms with van der Waals surface area (Å²) in [6, 6.07) is 81.2. The first-order chi connectivity index (χ1) is 31.8. The molecule has 0 aliphatic carbocycles. The maximum Gasteiger partial charge on any atom is 0.160 e. The summed E-state index contributed by atoms with van der Waals surface area (Å²) in [5.41, 5.74) is 16.8. The minimum absolute atomic E-state index is 0.892. The van der Waals surface area contributed by atoms with Crippen molar-refractivity contribution in [2.45, 2.75) is 0 Å². The van der Waals surface area contributed by atoms with E-state index in [2.05, 4.69) is 238 Å². The van der Waals surface area contributed by atoms with Gasteiger partial charge in [0.05, 0.1) is 33.1 Å². The quantitative estimate of drug-likeness (QED) is 0.170. The SMILES string of the molecule is c1ccc(-n2c3ccccc3c3cc(-c4ccc(-c5ccc(-n6c7ccccc7c7ccc8c9ccc%10c%11ccccc%11n(-c%11ccccc%11)c%10c9oc8c76)cc5)cc4)ccc32)cc1. The first-order valence-electron chi connectivity index (χ1n) is 21.9. The Morgan fingerprint density at radius 3 is 1.12 bits per heavy atom.